The lowest BCUT2D eigenvalue weighted by Crippen LogP contribution is -2.38. The predicted molar refractivity (Wildman–Crippen MR) is 231 cm³/mol. The summed E-state index contributed by atoms with van der Waals surface area (Å²) in [6, 6.07) is 41.2. The molecule has 7 heteroatoms. The van der Waals surface area contributed by atoms with E-state index in [9.17, 15) is 9.59 Å². The molecule has 1 atom stereocenters. The van der Waals surface area contributed by atoms with Crippen LogP contribution in [0.3, 0.4) is 0 Å². The number of hydrogen-bond donors (Lipinski definition) is 1. The van der Waals surface area contributed by atoms with Crippen molar-refractivity contribution >= 4 is 11.8 Å². The topological polar surface area (TPSA) is 85.1 Å². The average molecular weight is 768 g/mol. The second kappa shape index (κ2) is 23.0. The van der Waals surface area contributed by atoms with Gasteiger partial charge in [-0.1, -0.05) is 149 Å². The Balaban J connectivity index is 1.24. The molecule has 7 nitrogen and oxygen atoms in total. The van der Waals surface area contributed by atoms with Crippen LogP contribution in [-0.2, 0) is 17.9 Å². The van der Waals surface area contributed by atoms with Crippen LogP contribution in [-0.4, -0.2) is 47.9 Å². The number of unbranched alkanes of at least 4 members (excludes halogenated alkanes) is 6. The molecule has 0 bridgehead atoms. The minimum atomic E-state index is -0.248. The van der Waals surface area contributed by atoms with E-state index in [4.69, 9.17) is 15.2 Å². The van der Waals surface area contributed by atoms with Gasteiger partial charge in [-0.25, -0.2) is 0 Å². The standard InChI is InChI=1S/C50H61N3O4/c1-4-5-6-7-8-9-19-33-56-47-35-45(34-39(2)40(47)3)50(55)53(37-42-23-15-11-16-24-42)32-20-31-52(36-41-21-13-10-14-22-41)48(54)38-57-46-29-27-44(28-30-46)49(51)43-25-17-12-18-26-43/h10-18,21-30,34-35,49H,4-9,19-20,31-33,36-38,51H2,1-3H3. The van der Waals surface area contributed by atoms with Gasteiger partial charge in [0.15, 0.2) is 6.61 Å². The van der Waals surface area contributed by atoms with Gasteiger partial charge in [0.25, 0.3) is 11.8 Å². The van der Waals surface area contributed by atoms with Crippen LogP contribution in [0.2, 0.25) is 0 Å². The van der Waals surface area contributed by atoms with E-state index in [2.05, 4.69) is 13.8 Å². The summed E-state index contributed by atoms with van der Waals surface area (Å²) in [7, 11) is 0. The SMILES string of the molecule is CCCCCCCCCOc1cc(C(=O)N(CCCN(Cc2ccccc2)C(=O)COc2ccc(C(N)c3ccccc3)cc2)Cc2ccccc2)cc(C)c1C. The summed E-state index contributed by atoms with van der Waals surface area (Å²) in [6.45, 7) is 8.71. The molecule has 0 radical (unpaired) electrons. The van der Waals surface area contributed by atoms with Crippen molar-refractivity contribution < 1.29 is 19.1 Å². The number of nitrogens with zero attached hydrogens (tertiary/aromatic N) is 2. The van der Waals surface area contributed by atoms with E-state index in [0.717, 1.165) is 52.0 Å². The van der Waals surface area contributed by atoms with E-state index >= 15 is 0 Å². The highest BCUT2D eigenvalue weighted by Crippen LogP contribution is 2.26. The predicted octanol–water partition coefficient (Wildman–Crippen LogP) is 10.6. The zero-order valence-corrected chi connectivity index (χ0v) is 34.2. The molecule has 0 saturated heterocycles. The summed E-state index contributed by atoms with van der Waals surface area (Å²) >= 11 is 0. The van der Waals surface area contributed by atoms with Gasteiger partial charge in [0.1, 0.15) is 11.5 Å². The average Bonchev–Trinajstić information content (AvgIpc) is 3.25. The summed E-state index contributed by atoms with van der Waals surface area (Å²) < 4.78 is 12.3. The number of hydrogen-bond acceptors (Lipinski definition) is 5. The molecule has 2 N–H and O–H groups in total. The van der Waals surface area contributed by atoms with Crippen LogP contribution >= 0.6 is 0 Å². The third-order valence-electron chi connectivity index (χ3n) is 10.6. The normalized spacial score (nSPS) is 11.5. The summed E-state index contributed by atoms with van der Waals surface area (Å²) in [5.74, 6) is 1.20. The highest BCUT2D eigenvalue weighted by Gasteiger charge is 2.21. The Morgan fingerprint density at radius 1 is 0.614 bits per heavy atom. The van der Waals surface area contributed by atoms with Crippen molar-refractivity contribution in [3.63, 3.8) is 0 Å². The number of amides is 2. The fourth-order valence-corrected chi connectivity index (χ4v) is 6.99. The molecular weight excluding hydrogens is 707 g/mol. The zero-order valence-electron chi connectivity index (χ0n) is 34.2. The first kappa shape index (κ1) is 42.7. The van der Waals surface area contributed by atoms with Crippen molar-refractivity contribution in [3.05, 3.63) is 166 Å². The molecule has 5 rings (SSSR count). The number of ether oxygens (including phenoxy) is 2. The second-order valence-corrected chi connectivity index (χ2v) is 15.0. The third-order valence-corrected chi connectivity index (χ3v) is 10.6. The van der Waals surface area contributed by atoms with Gasteiger partial charge >= 0.3 is 0 Å². The quantitative estimate of drug-likeness (QED) is 0.0669. The Labute approximate surface area is 340 Å². The Kier molecular flexibility index (Phi) is 17.2. The summed E-state index contributed by atoms with van der Waals surface area (Å²) in [4.78, 5) is 31.8. The largest absolute Gasteiger partial charge is 0.493 e. The van der Waals surface area contributed by atoms with E-state index in [1.54, 1.807) is 0 Å². The molecule has 0 aliphatic heterocycles. The number of benzene rings is 5. The molecule has 5 aromatic carbocycles. The van der Waals surface area contributed by atoms with Gasteiger partial charge in [-0.3, -0.25) is 9.59 Å². The number of rotatable bonds is 23. The van der Waals surface area contributed by atoms with Crippen LogP contribution in [0.25, 0.3) is 0 Å². The summed E-state index contributed by atoms with van der Waals surface area (Å²) in [6.07, 6.45) is 9.11. The molecule has 1 unspecified atom stereocenters. The molecule has 300 valence electrons. The molecule has 0 fully saturated rings. The maximum absolute atomic E-state index is 14.3. The zero-order chi connectivity index (χ0) is 40.2. The van der Waals surface area contributed by atoms with Gasteiger partial charge in [-0.15, -0.1) is 0 Å². The maximum atomic E-state index is 14.3. The van der Waals surface area contributed by atoms with E-state index < -0.39 is 0 Å². The Morgan fingerprint density at radius 3 is 1.79 bits per heavy atom. The van der Waals surface area contributed by atoms with Crippen molar-refractivity contribution in [1.29, 1.82) is 0 Å². The van der Waals surface area contributed by atoms with Crippen molar-refractivity contribution in [1.82, 2.24) is 9.80 Å². The first-order valence-corrected chi connectivity index (χ1v) is 20.7. The van der Waals surface area contributed by atoms with E-state index in [1.165, 1.54) is 32.1 Å². The first-order chi connectivity index (χ1) is 27.8. The first-order valence-electron chi connectivity index (χ1n) is 20.7. The van der Waals surface area contributed by atoms with E-state index in [-0.39, 0.29) is 24.5 Å². The lowest BCUT2D eigenvalue weighted by Gasteiger charge is -2.27. The molecule has 0 heterocycles. The number of nitrogens with two attached hydrogens (primary N) is 1. The smallest absolute Gasteiger partial charge is 0.260 e. The second-order valence-electron chi connectivity index (χ2n) is 15.0. The number of carbonyl (C=O) groups excluding carboxylic acids is 2. The van der Waals surface area contributed by atoms with E-state index in [1.807, 2.05) is 144 Å². The van der Waals surface area contributed by atoms with Gasteiger partial charge < -0.3 is 25.0 Å². The van der Waals surface area contributed by atoms with Crippen LogP contribution in [0.4, 0.5) is 0 Å². The maximum Gasteiger partial charge on any atom is 0.260 e. The van der Waals surface area contributed by atoms with Crippen molar-refractivity contribution in [3.8, 4) is 11.5 Å². The van der Waals surface area contributed by atoms with Gasteiger partial charge in [0.05, 0.1) is 12.6 Å². The summed E-state index contributed by atoms with van der Waals surface area (Å²) in [5, 5.41) is 0. The van der Waals surface area contributed by atoms with Crippen LogP contribution in [0.1, 0.15) is 108 Å². The molecule has 0 spiro atoms. The number of carbonyl (C=O) groups is 2. The van der Waals surface area contributed by atoms with Crippen LogP contribution in [0.5, 0.6) is 11.5 Å². The van der Waals surface area contributed by atoms with Crippen LogP contribution in [0, 0.1) is 13.8 Å². The highest BCUT2D eigenvalue weighted by molar-refractivity contribution is 5.95. The fourth-order valence-electron chi connectivity index (χ4n) is 6.99. The van der Waals surface area contributed by atoms with Crippen LogP contribution in [0.15, 0.2) is 127 Å². The van der Waals surface area contributed by atoms with Gasteiger partial charge in [-0.05, 0) is 84.3 Å². The van der Waals surface area contributed by atoms with Gasteiger partial charge in [-0.2, -0.15) is 0 Å². The monoisotopic (exact) mass is 767 g/mol. The minimum Gasteiger partial charge on any atom is -0.493 e. The fraction of sp³-hybridized carbons (Fsp3) is 0.360. The molecule has 0 aliphatic rings. The van der Waals surface area contributed by atoms with Gasteiger partial charge in [0, 0.05) is 31.7 Å². The Morgan fingerprint density at radius 2 is 1.16 bits per heavy atom. The van der Waals surface area contributed by atoms with Crippen molar-refractivity contribution in [2.45, 2.75) is 91.3 Å². The number of aryl methyl sites for hydroxylation is 1. The summed E-state index contributed by atoms with van der Waals surface area (Å²) in [5.41, 5.74) is 13.3. The van der Waals surface area contributed by atoms with E-state index in [0.29, 0.717) is 50.5 Å². The van der Waals surface area contributed by atoms with Crippen molar-refractivity contribution in [2.24, 2.45) is 5.73 Å². The molecule has 0 aliphatic carbocycles. The molecule has 0 aromatic heterocycles. The van der Waals surface area contributed by atoms with Crippen LogP contribution < -0.4 is 15.2 Å². The third kappa shape index (κ3) is 13.6. The van der Waals surface area contributed by atoms with Gasteiger partial charge in [0.2, 0.25) is 0 Å². The molecule has 0 saturated carbocycles. The Bertz CT molecular complexity index is 1930. The highest BCUT2D eigenvalue weighted by atomic mass is 16.5. The lowest BCUT2D eigenvalue weighted by molar-refractivity contribution is -0.134. The lowest BCUT2D eigenvalue weighted by atomic mass is 10.00. The van der Waals surface area contributed by atoms with Crippen molar-refractivity contribution in [2.75, 3.05) is 26.3 Å². The molecule has 57 heavy (non-hydrogen) atoms. The Hall–Kier alpha value is -5.40. The molecular formula is C50H61N3O4. The molecule has 2 amide bonds. The minimum absolute atomic E-state index is 0.0533. The molecule has 5 aromatic rings.